The van der Waals surface area contributed by atoms with Crippen molar-refractivity contribution in [1.29, 1.82) is 0 Å². The molecule has 3 aliphatic rings. The molecule has 4 atom stereocenters. The van der Waals surface area contributed by atoms with Gasteiger partial charge in [-0.25, -0.2) is 9.78 Å². The molecule has 3 saturated heterocycles. The van der Waals surface area contributed by atoms with Crippen molar-refractivity contribution >= 4 is 62.6 Å². The van der Waals surface area contributed by atoms with Gasteiger partial charge in [0.15, 0.2) is 5.01 Å². The van der Waals surface area contributed by atoms with Crippen molar-refractivity contribution in [2.75, 3.05) is 18.4 Å². The number of hydrogen-bond acceptors (Lipinski definition) is 6. The number of aromatic nitrogens is 1. The van der Waals surface area contributed by atoms with Gasteiger partial charge in [0.2, 0.25) is 11.8 Å². The molecule has 1 aromatic heterocycles. The van der Waals surface area contributed by atoms with Gasteiger partial charge in [0.05, 0.1) is 28.2 Å². The highest BCUT2D eigenvalue weighted by Gasteiger charge is 2.56. The van der Waals surface area contributed by atoms with Crippen LogP contribution in [-0.4, -0.2) is 74.7 Å². The predicted octanol–water partition coefficient (Wildman–Crippen LogP) is 5.36. The van der Waals surface area contributed by atoms with Gasteiger partial charge in [0.1, 0.15) is 6.04 Å². The Bertz CT molecular complexity index is 1540. The lowest BCUT2D eigenvalue weighted by Gasteiger charge is -2.32. The summed E-state index contributed by atoms with van der Waals surface area (Å²) in [5, 5.41) is 3.69. The van der Waals surface area contributed by atoms with E-state index in [9.17, 15) is 19.2 Å². The van der Waals surface area contributed by atoms with E-state index in [0.717, 1.165) is 11.1 Å². The maximum absolute atomic E-state index is 13.9. The van der Waals surface area contributed by atoms with E-state index in [2.05, 4.69) is 24.1 Å². The van der Waals surface area contributed by atoms with Crippen LogP contribution in [0.25, 0.3) is 10.2 Å². The molecule has 214 valence electrons. The first kappa shape index (κ1) is 27.7. The zero-order valence-corrected chi connectivity index (χ0v) is 24.7. The fraction of sp³-hybridized carbons (Fsp3) is 0.433. The number of rotatable bonds is 4. The van der Waals surface area contributed by atoms with Crippen molar-refractivity contribution in [3.05, 3.63) is 58.1 Å². The highest BCUT2D eigenvalue weighted by atomic mass is 35.5. The molecule has 0 bridgehead atoms. The van der Waals surface area contributed by atoms with Crippen LogP contribution in [0.3, 0.4) is 0 Å². The number of carbonyl (C=O) groups is 4. The summed E-state index contributed by atoms with van der Waals surface area (Å²) in [5.74, 6) is -1.05. The molecule has 3 aliphatic heterocycles. The Labute approximate surface area is 247 Å². The fourth-order valence-corrected chi connectivity index (χ4v) is 7.47. The van der Waals surface area contributed by atoms with Crippen LogP contribution in [0, 0.1) is 5.92 Å². The van der Waals surface area contributed by atoms with E-state index < -0.39 is 30.0 Å². The minimum atomic E-state index is -0.607. The van der Waals surface area contributed by atoms with Crippen molar-refractivity contribution in [3.63, 3.8) is 0 Å². The van der Waals surface area contributed by atoms with Crippen molar-refractivity contribution < 1.29 is 19.2 Å². The number of nitrogens with one attached hydrogen (secondary N) is 1. The lowest BCUT2D eigenvalue weighted by molar-refractivity contribution is -0.137. The number of likely N-dealkylation sites (tertiary alicyclic amines) is 3. The Kier molecular flexibility index (Phi) is 7.23. The van der Waals surface area contributed by atoms with Gasteiger partial charge in [-0.3, -0.25) is 19.3 Å². The number of nitrogens with zero attached hydrogens (tertiary/aromatic N) is 4. The van der Waals surface area contributed by atoms with E-state index in [1.54, 1.807) is 28.9 Å². The standard InChI is InChI=1S/C30H32ClN5O4S/c1-16(2)18-6-9-20(10-7-18)32-30(40)34-13-4-5-23(34)28(38)35-14-12-22-25(35)17(3)27(37)36(22)29(39)26-33-21-15-19(31)8-11-24(21)41-26/h6-11,15-17,22-23,25H,4-5,12-14H2,1-3H3,(H,32,40)/t17-,22-,23-,25+/m0/s1. The number of hydrogen-bond donors (Lipinski definition) is 1. The second kappa shape index (κ2) is 10.7. The number of carbonyl (C=O) groups excluding carboxylic acids is 4. The fourth-order valence-electron chi connectivity index (χ4n) is 6.42. The van der Waals surface area contributed by atoms with Crippen molar-refractivity contribution in [3.8, 4) is 0 Å². The second-order valence-electron chi connectivity index (χ2n) is 11.4. The molecule has 9 nitrogen and oxygen atoms in total. The molecule has 1 N–H and O–H groups in total. The molecule has 41 heavy (non-hydrogen) atoms. The molecule has 0 aliphatic carbocycles. The topological polar surface area (TPSA) is 103 Å². The first-order valence-corrected chi connectivity index (χ1v) is 15.2. The molecule has 0 unspecified atom stereocenters. The number of fused-ring (bicyclic) bond motifs is 2. The first-order chi connectivity index (χ1) is 19.6. The molecule has 0 spiro atoms. The largest absolute Gasteiger partial charge is 0.335 e. The molecule has 5 amide bonds. The second-order valence-corrected chi connectivity index (χ2v) is 12.8. The Balaban J connectivity index is 1.17. The van der Waals surface area contributed by atoms with E-state index in [-0.39, 0.29) is 22.9 Å². The highest BCUT2D eigenvalue weighted by Crippen LogP contribution is 2.39. The first-order valence-electron chi connectivity index (χ1n) is 14.1. The normalized spacial score (nSPS) is 24.0. The number of thiazole rings is 1. The van der Waals surface area contributed by atoms with Gasteiger partial charge in [-0.15, -0.1) is 11.3 Å². The summed E-state index contributed by atoms with van der Waals surface area (Å²) in [7, 11) is 0. The third-order valence-electron chi connectivity index (χ3n) is 8.55. The van der Waals surface area contributed by atoms with E-state index in [1.165, 1.54) is 21.8 Å². The lowest BCUT2D eigenvalue weighted by Crippen LogP contribution is -2.52. The van der Waals surface area contributed by atoms with Crippen LogP contribution in [-0.2, 0) is 9.59 Å². The summed E-state index contributed by atoms with van der Waals surface area (Å²) in [6.07, 6.45) is 1.78. The van der Waals surface area contributed by atoms with E-state index in [4.69, 9.17) is 11.6 Å². The molecule has 3 aromatic rings. The van der Waals surface area contributed by atoms with Crippen LogP contribution in [0.4, 0.5) is 10.5 Å². The number of halogens is 1. The Morgan fingerprint density at radius 2 is 1.80 bits per heavy atom. The van der Waals surface area contributed by atoms with Gasteiger partial charge in [0.25, 0.3) is 5.91 Å². The molecule has 11 heteroatoms. The van der Waals surface area contributed by atoms with Gasteiger partial charge in [-0.05, 0) is 61.1 Å². The Morgan fingerprint density at radius 1 is 1.05 bits per heavy atom. The van der Waals surface area contributed by atoms with Crippen LogP contribution >= 0.6 is 22.9 Å². The smallest absolute Gasteiger partial charge is 0.322 e. The maximum Gasteiger partial charge on any atom is 0.322 e. The molecule has 0 radical (unpaired) electrons. The predicted molar refractivity (Wildman–Crippen MR) is 158 cm³/mol. The third-order valence-corrected chi connectivity index (χ3v) is 9.81. The van der Waals surface area contributed by atoms with Crippen LogP contribution in [0.15, 0.2) is 42.5 Å². The number of urea groups is 1. The van der Waals surface area contributed by atoms with Gasteiger partial charge >= 0.3 is 6.03 Å². The summed E-state index contributed by atoms with van der Waals surface area (Å²) in [6.45, 7) is 6.91. The Hall–Kier alpha value is -3.50. The van der Waals surface area contributed by atoms with E-state index in [1.807, 2.05) is 30.3 Å². The van der Waals surface area contributed by atoms with Crippen molar-refractivity contribution in [1.82, 2.24) is 19.7 Å². The Morgan fingerprint density at radius 3 is 2.54 bits per heavy atom. The summed E-state index contributed by atoms with van der Waals surface area (Å²) in [4.78, 5) is 63.1. The minimum Gasteiger partial charge on any atom is -0.335 e. The quantitative estimate of drug-likeness (QED) is 0.410. The molecular formula is C30H32ClN5O4S. The van der Waals surface area contributed by atoms with Crippen molar-refractivity contribution in [2.45, 2.75) is 64.1 Å². The number of imide groups is 1. The van der Waals surface area contributed by atoms with Gasteiger partial charge in [0, 0.05) is 23.8 Å². The summed E-state index contributed by atoms with van der Waals surface area (Å²) in [6, 6.07) is 11.2. The number of benzene rings is 2. The number of amides is 5. The lowest BCUT2D eigenvalue weighted by atomic mass is 10.0. The SMILES string of the molecule is CC(C)c1ccc(NC(=O)N2CCC[C@H]2C(=O)N2CC[C@H]3[C@H]2[C@H](C)C(=O)N3C(=O)c2nc3cc(Cl)ccc3s2)cc1. The summed E-state index contributed by atoms with van der Waals surface area (Å²) >= 11 is 7.31. The van der Waals surface area contributed by atoms with E-state index in [0.29, 0.717) is 48.1 Å². The van der Waals surface area contributed by atoms with Crippen LogP contribution in [0.2, 0.25) is 5.02 Å². The van der Waals surface area contributed by atoms with Crippen LogP contribution in [0.1, 0.15) is 61.3 Å². The molecule has 0 saturated carbocycles. The third kappa shape index (κ3) is 4.86. The minimum absolute atomic E-state index is 0.163. The number of anilines is 1. The van der Waals surface area contributed by atoms with Crippen LogP contribution < -0.4 is 5.32 Å². The molecular weight excluding hydrogens is 562 g/mol. The highest BCUT2D eigenvalue weighted by molar-refractivity contribution is 7.20. The molecule has 2 aromatic carbocycles. The van der Waals surface area contributed by atoms with Gasteiger partial charge in [-0.1, -0.05) is 44.5 Å². The summed E-state index contributed by atoms with van der Waals surface area (Å²) in [5.41, 5.74) is 2.47. The maximum atomic E-state index is 13.9. The monoisotopic (exact) mass is 593 g/mol. The van der Waals surface area contributed by atoms with Gasteiger partial charge < -0.3 is 15.1 Å². The molecule has 4 heterocycles. The van der Waals surface area contributed by atoms with E-state index >= 15 is 0 Å². The molecule has 3 fully saturated rings. The molecule has 6 rings (SSSR count). The van der Waals surface area contributed by atoms with Gasteiger partial charge in [-0.2, -0.15) is 0 Å². The zero-order chi connectivity index (χ0) is 29.0. The summed E-state index contributed by atoms with van der Waals surface area (Å²) < 4.78 is 0.813. The van der Waals surface area contributed by atoms with Crippen molar-refractivity contribution in [2.24, 2.45) is 5.92 Å². The van der Waals surface area contributed by atoms with Crippen LogP contribution in [0.5, 0.6) is 0 Å². The zero-order valence-electron chi connectivity index (χ0n) is 23.2. The average Bonchev–Trinajstić information content (AvgIpc) is 3.73. The average molecular weight is 594 g/mol.